The summed E-state index contributed by atoms with van der Waals surface area (Å²) in [5, 5.41) is 4.40. The monoisotopic (exact) mass is 278 g/mol. The molecule has 3 aromatic heterocycles. The number of hydrogen-bond donors (Lipinski definition) is 0. The van der Waals surface area contributed by atoms with Gasteiger partial charge in [-0.25, -0.2) is 4.98 Å². The van der Waals surface area contributed by atoms with Crippen molar-refractivity contribution in [2.24, 2.45) is 7.05 Å². The Balaban J connectivity index is 2.00. The van der Waals surface area contributed by atoms with Crippen molar-refractivity contribution in [2.75, 3.05) is 0 Å². The number of rotatable bonds is 4. The average Bonchev–Trinajstić information content (AvgIpc) is 3.07. The van der Waals surface area contributed by atoms with E-state index in [-0.39, 0.29) is 0 Å². The van der Waals surface area contributed by atoms with E-state index >= 15 is 0 Å². The first-order chi connectivity index (χ1) is 9.20. The molecule has 0 aromatic carbocycles. The van der Waals surface area contributed by atoms with Crippen molar-refractivity contribution in [1.82, 2.24) is 19.3 Å². The van der Waals surface area contributed by atoms with Gasteiger partial charge in [-0.2, -0.15) is 5.10 Å². The number of halogens is 1. The number of imidazole rings is 1. The predicted octanol–water partition coefficient (Wildman–Crippen LogP) is 2.65. The second-order valence-corrected chi connectivity index (χ2v) is 4.79. The molecule has 0 aliphatic carbocycles. The maximum Gasteiger partial charge on any atom is 0.158 e. The molecule has 0 atom stereocenters. The fraction of sp³-hybridized carbons (Fsp3) is 0.385. The molecular weight excluding hydrogens is 264 g/mol. The first-order valence-electron chi connectivity index (χ1n) is 6.17. The molecule has 0 aliphatic heterocycles. The molecule has 0 saturated heterocycles. The normalized spacial score (nSPS) is 11.5. The van der Waals surface area contributed by atoms with Crippen LogP contribution in [0.1, 0.15) is 17.3 Å². The Labute approximate surface area is 115 Å². The molecule has 0 unspecified atom stereocenters. The number of hydrogen-bond acceptors (Lipinski definition) is 3. The minimum absolute atomic E-state index is 0.395. The molecule has 0 saturated carbocycles. The summed E-state index contributed by atoms with van der Waals surface area (Å²) in [7, 11) is 1.93. The molecule has 5 nitrogen and oxygen atoms in total. The zero-order chi connectivity index (χ0) is 13.4. The van der Waals surface area contributed by atoms with Crippen molar-refractivity contribution in [2.45, 2.75) is 25.8 Å². The van der Waals surface area contributed by atoms with Crippen molar-refractivity contribution >= 4 is 22.8 Å². The lowest BCUT2D eigenvalue weighted by Crippen LogP contribution is -2.08. The second-order valence-electron chi connectivity index (χ2n) is 4.52. The third kappa shape index (κ3) is 2.04. The number of alkyl halides is 1. The third-order valence-electron chi connectivity index (χ3n) is 3.25. The van der Waals surface area contributed by atoms with Crippen LogP contribution in [0.25, 0.3) is 11.2 Å². The molecule has 0 aliphatic rings. The lowest BCUT2D eigenvalue weighted by atomic mass is 10.3. The number of aromatic nitrogens is 4. The Morgan fingerprint density at radius 2 is 2.26 bits per heavy atom. The fourth-order valence-electron chi connectivity index (χ4n) is 2.39. The third-order valence-corrected chi connectivity index (χ3v) is 3.49. The van der Waals surface area contributed by atoms with Gasteiger partial charge in [0.2, 0.25) is 0 Å². The lowest BCUT2D eigenvalue weighted by molar-refractivity contribution is 0.489. The summed E-state index contributed by atoms with van der Waals surface area (Å²) in [4.78, 5) is 4.57. The fourth-order valence-corrected chi connectivity index (χ4v) is 2.60. The van der Waals surface area contributed by atoms with E-state index in [0.29, 0.717) is 5.88 Å². The van der Waals surface area contributed by atoms with Crippen LogP contribution in [-0.4, -0.2) is 19.3 Å². The largest absolute Gasteiger partial charge is 0.469 e. The van der Waals surface area contributed by atoms with Crippen molar-refractivity contribution in [3.8, 4) is 0 Å². The van der Waals surface area contributed by atoms with E-state index in [9.17, 15) is 0 Å². The topological polar surface area (TPSA) is 48.8 Å². The van der Waals surface area contributed by atoms with Gasteiger partial charge in [0.15, 0.2) is 5.65 Å². The first kappa shape index (κ1) is 12.3. The van der Waals surface area contributed by atoms with E-state index in [1.54, 1.807) is 6.26 Å². The molecule has 0 spiro atoms. The molecule has 3 rings (SSSR count). The van der Waals surface area contributed by atoms with Crippen molar-refractivity contribution in [1.29, 1.82) is 0 Å². The van der Waals surface area contributed by atoms with Crippen LogP contribution in [0.5, 0.6) is 0 Å². The highest BCUT2D eigenvalue weighted by molar-refractivity contribution is 6.16. The van der Waals surface area contributed by atoms with Crippen molar-refractivity contribution < 1.29 is 4.42 Å². The maximum absolute atomic E-state index is 5.99. The van der Waals surface area contributed by atoms with E-state index < -0.39 is 0 Å². The van der Waals surface area contributed by atoms with Crippen LogP contribution in [-0.2, 0) is 25.9 Å². The van der Waals surface area contributed by atoms with Crippen LogP contribution < -0.4 is 0 Å². The SMILES string of the molecule is Cc1nn(C)c2c1nc(CCl)n2CCc1ccco1. The summed E-state index contributed by atoms with van der Waals surface area (Å²) in [5.74, 6) is 2.23. The summed E-state index contributed by atoms with van der Waals surface area (Å²) in [6.45, 7) is 2.75. The summed E-state index contributed by atoms with van der Waals surface area (Å²) >= 11 is 5.99. The van der Waals surface area contributed by atoms with Gasteiger partial charge in [-0.1, -0.05) is 0 Å². The average molecular weight is 279 g/mol. The van der Waals surface area contributed by atoms with Gasteiger partial charge in [-0.15, -0.1) is 11.6 Å². The summed E-state index contributed by atoms with van der Waals surface area (Å²) in [5.41, 5.74) is 2.87. The van der Waals surface area contributed by atoms with E-state index in [1.165, 1.54) is 0 Å². The Morgan fingerprint density at radius 3 is 2.95 bits per heavy atom. The van der Waals surface area contributed by atoms with Gasteiger partial charge in [0.05, 0.1) is 17.8 Å². The molecule has 6 heteroatoms. The summed E-state index contributed by atoms with van der Waals surface area (Å²) in [6, 6.07) is 3.87. The lowest BCUT2D eigenvalue weighted by Gasteiger charge is -2.06. The van der Waals surface area contributed by atoms with Crippen LogP contribution in [0.2, 0.25) is 0 Å². The van der Waals surface area contributed by atoms with Crippen LogP contribution in [0.4, 0.5) is 0 Å². The van der Waals surface area contributed by atoms with Gasteiger partial charge in [0.1, 0.15) is 17.1 Å². The molecule has 0 radical (unpaired) electrons. The number of fused-ring (bicyclic) bond motifs is 1. The minimum Gasteiger partial charge on any atom is -0.469 e. The predicted molar refractivity (Wildman–Crippen MR) is 73.2 cm³/mol. The Bertz CT molecular complexity index is 696. The summed E-state index contributed by atoms with van der Waals surface area (Å²) < 4.78 is 9.34. The second kappa shape index (κ2) is 4.74. The van der Waals surface area contributed by atoms with Gasteiger partial charge in [0, 0.05) is 20.0 Å². The maximum atomic E-state index is 5.99. The standard InChI is InChI=1S/C13H15ClN4O/c1-9-12-13(17(2)16-9)18(11(8-14)15-12)6-5-10-4-3-7-19-10/h3-4,7H,5-6,8H2,1-2H3. The van der Waals surface area contributed by atoms with Gasteiger partial charge >= 0.3 is 0 Å². The zero-order valence-electron chi connectivity index (χ0n) is 10.9. The van der Waals surface area contributed by atoms with Gasteiger partial charge in [-0.3, -0.25) is 4.68 Å². The minimum atomic E-state index is 0.395. The van der Waals surface area contributed by atoms with Gasteiger partial charge in [0.25, 0.3) is 0 Å². The summed E-state index contributed by atoms with van der Waals surface area (Å²) in [6.07, 6.45) is 2.50. The number of nitrogens with zero attached hydrogens (tertiary/aromatic N) is 4. The quantitative estimate of drug-likeness (QED) is 0.690. The van der Waals surface area contributed by atoms with Crippen LogP contribution in [0.15, 0.2) is 22.8 Å². The van der Waals surface area contributed by atoms with Crippen LogP contribution in [0, 0.1) is 6.92 Å². The first-order valence-corrected chi connectivity index (χ1v) is 6.71. The van der Waals surface area contributed by atoms with Crippen LogP contribution >= 0.6 is 11.6 Å². The van der Waals surface area contributed by atoms with Crippen LogP contribution in [0.3, 0.4) is 0 Å². The molecule has 0 fully saturated rings. The molecule has 0 bridgehead atoms. The Hall–Kier alpha value is -1.75. The Kier molecular flexibility index (Phi) is 3.06. The molecule has 3 aromatic rings. The molecule has 3 heterocycles. The van der Waals surface area contributed by atoms with Gasteiger partial charge in [-0.05, 0) is 19.1 Å². The molecule has 19 heavy (non-hydrogen) atoms. The highest BCUT2D eigenvalue weighted by Crippen LogP contribution is 2.20. The van der Waals surface area contributed by atoms with E-state index in [1.807, 2.05) is 30.8 Å². The van der Waals surface area contributed by atoms with E-state index in [2.05, 4.69) is 14.6 Å². The van der Waals surface area contributed by atoms with Crippen molar-refractivity contribution in [3.63, 3.8) is 0 Å². The highest BCUT2D eigenvalue weighted by atomic mass is 35.5. The molecule has 0 amide bonds. The highest BCUT2D eigenvalue weighted by Gasteiger charge is 2.16. The van der Waals surface area contributed by atoms with Gasteiger partial charge < -0.3 is 8.98 Å². The smallest absolute Gasteiger partial charge is 0.158 e. The van der Waals surface area contributed by atoms with Crippen molar-refractivity contribution in [3.05, 3.63) is 35.7 Å². The number of aryl methyl sites for hydroxylation is 4. The number of furan rings is 1. The molecular formula is C13H15ClN4O. The van der Waals surface area contributed by atoms with E-state index in [4.69, 9.17) is 16.0 Å². The molecule has 0 N–H and O–H groups in total. The zero-order valence-corrected chi connectivity index (χ0v) is 11.7. The van der Waals surface area contributed by atoms with E-state index in [0.717, 1.165) is 41.4 Å². The Morgan fingerprint density at radius 1 is 1.42 bits per heavy atom. The molecule has 100 valence electrons.